The van der Waals surface area contributed by atoms with E-state index in [1.165, 1.54) is 30.2 Å². The van der Waals surface area contributed by atoms with E-state index in [-0.39, 0.29) is 18.4 Å². The molecule has 1 saturated heterocycles. The van der Waals surface area contributed by atoms with Gasteiger partial charge in [-0.2, -0.15) is 0 Å². The summed E-state index contributed by atoms with van der Waals surface area (Å²) in [6.07, 6.45) is 6.50. The average molecular weight is 444 g/mol. The molecule has 5 rings (SSSR count). The highest BCUT2D eigenvalue weighted by molar-refractivity contribution is 5.92. The molecule has 1 aliphatic heterocycles. The number of rotatable bonds is 7. The number of aliphatic hydroxyl groups excluding tert-OH is 1. The molecule has 1 N–H and O–H groups in total. The van der Waals surface area contributed by atoms with Crippen molar-refractivity contribution < 1.29 is 14.6 Å². The smallest absolute Gasteiger partial charge is 0.274 e. The molecular formula is C27H29N3O3. The van der Waals surface area contributed by atoms with Gasteiger partial charge >= 0.3 is 0 Å². The second kappa shape index (κ2) is 9.41. The number of aliphatic hydroxyl groups is 1. The first-order valence-corrected chi connectivity index (χ1v) is 11.6. The van der Waals surface area contributed by atoms with E-state index in [9.17, 15) is 9.90 Å². The van der Waals surface area contributed by atoms with E-state index in [1.54, 1.807) is 13.3 Å². The Balaban J connectivity index is 1.35. The van der Waals surface area contributed by atoms with Crippen molar-refractivity contribution in [1.82, 2.24) is 14.9 Å². The number of methoxy groups -OCH3 is 1. The van der Waals surface area contributed by atoms with Crippen LogP contribution in [-0.4, -0.2) is 46.1 Å². The first kappa shape index (κ1) is 21.7. The van der Waals surface area contributed by atoms with Crippen LogP contribution < -0.4 is 0 Å². The Kier molecular flexibility index (Phi) is 6.20. The molecule has 1 atom stereocenters. The Morgan fingerprint density at radius 2 is 1.94 bits per heavy atom. The van der Waals surface area contributed by atoms with E-state index in [0.29, 0.717) is 37.0 Å². The third-order valence-corrected chi connectivity index (χ3v) is 6.71. The summed E-state index contributed by atoms with van der Waals surface area (Å²) in [5, 5.41) is 10.2. The molecule has 1 amide bonds. The lowest BCUT2D eigenvalue weighted by atomic mass is 9.89. The van der Waals surface area contributed by atoms with Crippen molar-refractivity contribution in [2.75, 3.05) is 20.2 Å². The van der Waals surface area contributed by atoms with Gasteiger partial charge in [-0.3, -0.25) is 9.78 Å². The number of nitrogens with zero attached hydrogens (tertiary/aromatic N) is 3. The SMILES string of the molecule is COCc1cncc(C(=O)N2CCC(c3ccc(-c4ccccc4C4CC4)cc3CO)C2)n1. The van der Waals surface area contributed by atoms with Crippen LogP contribution in [0.5, 0.6) is 0 Å². The number of carbonyl (C=O) groups is 1. The molecule has 6 heteroatoms. The van der Waals surface area contributed by atoms with E-state index in [1.807, 2.05) is 4.90 Å². The van der Waals surface area contributed by atoms with Crippen molar-refractivity contribution >= 4 is 5.91 Å². The van der Waals surface area contributed by atoms with Crippen molar-refractivity contribution in [2.45, 2.75) is 44.3 Å². The van der Waals surface area contributed by atoms with Gasteiger partial charge in [0, 0.05) is 26.1 Å². The number of benzene rings is 2. The zero-order chi connectivity index (χ0) is 22.8. The minimum absolute atomic E-state index is 0.0102. The molecule has 33 heavy (non-hydrogen) atoms. The summed E-state index contributed by atoms with van der Waals surface area (Å²) >= 11 is 0. The third kappa shape index (κ3) is 4.54. The minimum Gasteiger partial charge on any atom is -0.392 e. The second-order valence-corrected chi connectivity index (χ2v) is 9.00. The first-order chi connectivity index (χ1) is 16.2. The fourth-order valence-electron chi connectivity index (χ4n) is 4.91. The fraction of sp³-hybridized carbons (Fsp3) is 0.370. The average Bonchev–Trinajstić information content (AvgIpc) is 3.60. The zero-order valence-electron chi connectivity index (χ0n) is 18.9. The summed E-state index contributed by atoms with van der Waals surface area (Å²) in [5.41, 5.74) is 6.88. The number of carbonyl (C=O) groups excluding carboxylic acids is 1. The Hall–Kier alpha value is -3.09. The molecule has 1 saturated carbocycles. The molecule has 2 fully saturated rings. The highest BCUT2D eigenvalue weighted by atomic mass is 16.5. The van der Waals surface area contributed by atoms with Crippen molar-refractivity contribution in [1.29, 1.82) is 0 Å². The molecule has 1 aromatic heterocycles. The molecule has 1 aliphatic carbocycles. The van der Waals surface area contributed by atoms with Crippen molar-refractivity contribution in [3.8, 4) is 11.1 Å². The molecule has 0 spiro atoms. The van der Waals surface area contributed by atoms with Crippen LogP contribution in [0.1, 0.15) is 64.0 Å². The molecule has 3 aromatic rings. The first-order valence-electron chi connectivity index (χ1n) is 11.6. The minimum atomic E-state index is -0.108. The van der Waals surface area contributed by atoms with E-state index in [2.05, 4.69) is 52.4 Å². The van der Waals surface area contributed by atoms with Gasteiger partial charge in [0.25, 0.3) is 5.91 Å². The molecule has 0 radical (unpaired) electrons. The monoisotopic (exact) mass is 443 g/mol. The summed E-state index contributed by atoms with van der Waals surface area (Å²) < 4.78 is 5.10. The molecule has 2 aliphatic rings. The number of ether oxygens (including phenoxy) is 1. The van der Waals surface area contributed by atoms with Crippen LogP contribution >= 0.6 is 0 Å². The Morgan fingerprint density at radius 3 is 2.73 bits per heavy atom. The topological polar surface area (TPSA) is 75.5 Å². The highest BCUT2D eigenvalue weighted by Gasteiger charge is 2.31. The van der Waals surface area contributed by atoms with Crippen LogP contribution in [0.3, 0.4) is 0 Å². The maximum absolute atomic E-state index is 13.0. The van der Waals surface area contributed by atoms with Crippen molar-refractivity contribution in [3.05, 3.63) is 82.9 Å². The zero-order valence-corrected chi connectivity index (χ0v) is 18.9. The number of amides is 1. The van der Waals surface area contributed by atoms with E-state index >= 15 is 0 Å². The molecule has 1 unspecified atom stereocenters. The van der Waals surface area contributed by atoms with Gasteiger partial charge in [-0.05, 0) is 59.1 Å². The van der Waals surface area contributed by atoms with Gasteiger partial charge in [-0.15, -0.1) is 0 Å². The lowest BCUT2D eigenvalue weighted by Gasteiger charge is -2.19. The van der Waals surface area contributed by atoms with Crippen LogP contribution in [0.15, 0.2) is 54.9 Å². The number of hydrogen-bond donors (Lipinski definition) is 1. The van der Waals surface area contributed by atoms with Crippen molar-refractivity contribution in [3.63, 3.8) is 0 Å². The normalized spacial score (nSPS) is 18.0. The van der Waals surface area contributed by atoms with Crippen LogP contribution in [0.25, 0.3) is 11.1 Å². The number of likely N-dealkylation sites (tertiary alicyclic amines) is 1. The Bertz CT molecular complexity index is 1160. The van der Waals surface area contributed by atoms with Crippen LogP contribution in [-0.2, 0) is 18.0 Å². The van der Waals surface area contributed by atoms with Crippen molar-refractivity contribution in [2.24, 2.45) is 0 Å². The van der Waals surface area contributed by atoms with Crippen LogP contribution in [0, 0.1) is 0 Å². The summed E-state index contributed by atoms with van der Waals surface area (Å²) in [6, 6.07) is 15.0. The molecule has 6 nitrogen and oxygen atoms in total. The predicted molar refractivity (Wildman–Crippen MR) is 126 cm³/mol. The van der Waals surface area contributed by atoms with Gasteiger partial charge < -0.3 is 14.7 Å². The number of hydrogen-bond acceptors (Lipinski definition) is 5. The predicted octanol–water partition coefficient (Wildman–Crippen LogP) is 4.29. The van der Waals surface area contributed by atoms with Gasteiger partial charge in [0.05, 0.1) is 31.3 Å². The van der Waals surface area contributed by atoms with Gasteiger partial charge in [0.2, 0.25) is 0 Å². The van der Waals surface area contributed by atoms with Gasteiger partial charge in [-0.25, -0.2) is 4.98 Å². The summed E-state index contributed by atoms with van der Waals surface area (Å²) in [6.45, 7) is 1.59. The second-order valence-electron chi connectivity index (χ2n) is 9.00. The largest absolute Gasteiger partial charge is 0.392 e. The van der Waals surface area contributed by atoms with Crippen LogP contribution in [0.4, 0.5) is 0 Å². The lowest BCUT2D eigenvalue weighted by Crippen LogP contribution is -2.29. The highest BCUT2D eigenvalue weighted by Crippen LogP contribution is 2.44. The third-order valence-electron chi connectivity index (χ3n) is 6.71. The molecular weight excluding hydrogens is 414 g/mol. The lowest BCUT2D eigenvalue weighted by molar-refractivity contribution is 0.0783. The maximum Gasteiger partial charge on any atom is 0.274 e. The quantitative estimate of drug-likeness (QED) is 0.590. The maximum atomic E-state index is 13.0. The molecule has 2 heterocycles. The summed E-state index contributed by atoms with van der Waals surface area (Å²) in [4.78, 5) is 23.4. The summed E-state index contributed by atoms with van der Waals surface area (Å²) in [7, 11) is 1.59. The van der Waals surface area contributed by atoms with E-state index < -0.39 is 0 Å². The Labute approximate surface area is 194 Å². The van der Waals surface area contributed by atoms with Gasteiger partial charge in [0.1, 0.15) is 5.69 Å². The van der Waals surface area contributed by atoms with E-state index in [0.717, 1.165) is 23.1 Å². The number of aromatic nitrogens is 2. The summed E-state index contributed by atoms with van der Waals surface area (Å²) in [5.74, 6) is 0.751. The Morgan fingerprint density at radius 1 is 1.09 bits per heavy atom. The van der Waals surface area contributed by atoms with Gasteiger partial charge in [-0.1, -0.05) is 36.4 Å². The van der Waals surface area contributed by atoms with Gasteiger partial charge in [0.15, 0.2) is 0 Å². The van der Waals surface area contributed by atoms with Crippen LogP contribution in [0.2, 0.25) is 0 Å². The standard InChI is InChI=1S/C27H29N3O3/c1-33-17-22-13-28-14-26(29-22)27(32)30-11-10-20(15-30)23-9-8-19(12-21(23)16-31)25-5-3-2-4-24(25)18-6-7-18/h2-5,8-9,12-14,18,20,31H,6-7,10-11,15-17H2,1H3. The molecule has 0 bridgehead atoms. The van der Waals surface area contributed by atoms with E-state index in [4.69, 9.17) is 4.74 Å². The molecule has 170 valence electrons. The fourth-order valence-corrected chi connectivity index (χ4v) is 4.91. The molecule has 2 aromatic carbocycles.